The second-order valence-electron chi connectivity index (χ2n) is 8.46. The molecule has 0 saturated carbocycles. The molecule has 28 heavy (non-hydrogen) atoms. The molecule has 1 aliphatic carbocycles. The van der Waals surface area contributed by atoms with E-state index in [0.717, 1.165) is 23.3 Å². The second-order valence-corrected chi connectivity index (χ2v) is 8.46. The first kappa shape index (κ1) is 18.7. The van der Waals surface area contributed by atoms with Crippen molar-refractivity contribution in [2.75, 3.05) is 0 Å². The van der Waals surface area contributed by atoms with Crippen LogP contribution in [0.1, 0.15) is 73.1 Å². The SMILES string of the molecule is Cc1ccc(C2CC(=O)C3=C(C2)NC(=O)CC3c2ccc(C(C)C)cc2)cc1. The van der Waals surface area contributed by atoms with Crippen LogP contribution >= 0.6 is 0 Å². The van der Waals surface area contributed by atoms with Crippen LogP contribution in [0.5, 0.6) is 0 Å². The van der Waals surface area contributed by atoms with Gasteiger partial charge in [0, 0.05) is 30.0 Å². The van der Waals surface area contributed by atoms with Crippen molar-refractivity contribution in [2.24, 2.45) is 0 Å². The van der Waals surface area contributed by atoms with Gasteiger partial charge < -0.3 is 5.32 Å². The molecule has 2 aromatic rings. The van der Waals surface area contributed by atoms with E-state index in [0.29, 0.717) is 18.8 Å². The Labute approximate surface area is 166 Å². The molecule has 0 radical (unpaired) electrons. The molecule has 3 heteroatoms. The fraction of sp³-hybridized carbons (Fsp3) is 0.360. The standard InChI is InChI=1S/C25H27NO2/c1-15(2)17-8-10-19(11-9-17)21-14-24(28)26-22-12-20(13-23(27)25(21)22)18-6-4-16(3)5-7-18/h4-11,15,20-21H,12-14H2,1-3H3,(H,26,28). The smallest absolute Gasteiger partial charge is 0.225 e. The molecule has 0 saturated heterocycles. The van der Waals surface area contributed by atoms with Gasteiger partial charge in [-0.15, -0.1) is 0 Å². The third-order valence-electron chi connectivity index (χ3n) is 6.09. The Balaban J connectivity index is 1.67. The Hall–Kier alpha value is -2.68. The highest BCUT2D eigenvalue weighted by Gasteiger charge is 2.38. The van der Waals surface area contributed by atoms with Crippen LogP contribution in [-0.2, 0) is 9.59 Å². The van der Waals surface area contributed by atoms with Gasteiger partial charge in [-0.1, -0.05) is 67.9 Å². The molecule has 0 spiro atoms. The third kappa shape index (κ3) is 3.54. The van der Waals surface area contributed by atoms with Crippen molar-refractivity contribution in [2.45, 2.75) is 57.8 Å². The van der Waals surface area contributed by atoms with E-state index in [1.165, 1.54) is 16.7 Å². The number of rotatable bonds is 3. The number of nitrogens with one attached hydrogen (secondary N) is 1. The first-order valence-electron chi connectivity index (χ1n) is 10.1. The Morgan fingerprint density at radius 2 is 1.50 bits per heavy atom. The average molecular weight is 373 g/mol. The number of aryl methyl sites for hydroxylation is 1. The van der Waals surface area contributed by atoms with E-state index in [4.69, 9.17) is 0 Å². The maximum Gasteiger partial charge on any atom is 0.225 e. The zero-order valence-corrected chi connectivity index (χ0v) is 16.8. The minimum atomic E-state index is -0.128. The van der Waals surface area contributed by atoms with E-state index in [1.54, 1.807) is 0 Å². The molecule has 1 N–H and O–H groups in total. The summed E-state index contributed by atoms with van der Waals surface area (Å²) in [5, 5.41) is 3.01. The predicted molar refractivity (Wildman–Crippen MR) is 111 cm³/mol. The van der Waals surface area contributed by atoms with Crippen molar-refractivity contribution < 1.29 is 9.59 Å². The normalized spacial score (nSPS) is 22.3. The van der Waals surface area contributed by atoms with E-state index in [-0.39, 0.29) is 23.5 Å². The molecule has 0 fully saturated rings. The van der Waals surface area contributed by atoms with E-state index >= 15 is 0 Å². The van der Waals surface area contributed by atoms with Gasteiger partial charge in [0.1, 0.15) is 0 Å². The van der Waals surface area contributed by atoms with Crippen LogP contribution in [0.25, 0.3) is 0 Å². The molecule has 144 valence electrons. The zero-order valence-electron chi connectivity index (χ0n) is 16.8. The lowest BCUT2D eigenvalue weighted by molar-refractivity contribution is -0.122. The van der Waals surface area contributed by atoms with Gasteiger partial charge in [0.25, 0.3) is 0 Å². The highest BCUT2D eigenvalue weighted by molar-refractivity contribution is 6.02. The maximum absolute atomic E-state index is 13.1. The van der Waals surface area contributed by atoms with E-state index in [1.807, 2.05) is 0 Å². The summed E-state index contributed by atoms with van der Waals surface area (Å²) in [4.78, 5) is 25.6. The summed E-state index contributed by atoms with van der Waals surface area (Å²) in [6, 6.07) is 16.8. The van der Waals surface area contributed by atoms with E-state index in [9.17, 15) is 9.59 Å². The molecule has 4 rings (SSSR count). The third-order valence-corrected chi connectivity index (χ3v) is 6.09. The quantitative estimate of drug-likeness (QED) is 0.811. The summed E-state index contributed by atoms with van der Waals surface area (Å²) in [5.41, 5.74) is 6.36. The summed E-state index contributed by atoms with van der Waals surface area (Å²) in [5.74, 6) is 0.648. The average Bonchev–Trinajstić information content (AvgIpc) is 2.67. The van der Waals surface area contributed by atoms with Gasteiger partial charge in [0.15, 0.2) is 5.78 Å². The molecular weight excluding hydrogens is 346 g/mol. The minimum absolute atomic E-state index is 0.00837. The predicted octanol–water partition coefficient (Wildman–Crippen LogP) is 5.12. The number of allylic oxidation sites excluding steroid dienone is 2. The number of carbonyl (C=O) groups is 2. The summed E-state index contributed by atoms with van der Waals surface area (Å²) in [7, 11) is 0. The number of hydrogen-bond donors (Lipinski definition) is 1. The van der Waals surface area contributed by atoms with Gasteiger partial charge in [-0.25, -0.2) is 0 Å². The van der Waals surface area contributed by atoms with Crippen molar-refractivity contribution in [3.8, 4) is 0 Å². The van der Waals surface area contributed by atoms with Gasteiger partial charge in [-0.3, -0.25) is 9.59 Å². The highest BCUT2D eigenvalue weighted by atomic mass is 16.2. The van der Waals surface area contributed by atoms with Gasteiger partial charge >= 0.3 is 0 Å². The monoisotopic (exact) mass is 373 g/mol. The Bertz CT molecular complexity index is 936. The first-order chi connectivity index (χ1) is 13.4. The van der Waals surface area contributed by atoms with Crippen LogP contribution < -0.4 is 5.32 Å². The number of carbonyl (C=O) groups excluding carboxylic acids is 2. The van der Waals surface area contributed by atoms with Crippen LogP contribution in [0.3, 0.4) is 0 Å². The lowest BCUT2D eigenvalue weighted by Gasteiger charge is -2.34. The minimum Gasteiger partial charge on any atom is -0.329 e. The van der Waals surface area contributed by atoms with Crippen LogP contribution in [0.2, 0.25) is 0 Å². The molecule has 2 aliphatic rings. The van der Waals surface area contributed by atoms with Gasteiger partial charge in [-0.05, 0) is 41.9 Å². The molecule has 2 unspecified atom stereocenters. The number of ketones is 1. The fourth-order valence-electron chi connectivity index (χ4n) is 4.43. The number of hydrogen-bond acceptors (Lipinski definition) is 2. The highest BCUT2D eigenvalue weighted by Crippen LogP contribution is 2.42. The Morgan fingerprint density at radius 3 is 2.14 bits per heavy atom. The van der Waals surface area contributed by atoms with Crippen LogP contribution in [0.15, 0.2) is 59.8 Å². The summed E-state index contributed by atoms with van der Waals surface area (Å²) < 4.78 is 0. The zero-order chi connectivity index (χ0) is 19.8. The summed E-state index contributed by atoms with van der Waals surface area (Å²) in [6.07, 6.45) is 1.58. The van der Waals surface area contributed by atoms with Crippen LogP contribution in [0, 0.1) is 6.92 Å². The Kier molecular flexibility index (Phi) is 4.92. The largest absolute Gasteiger partial charge is 0.329 e. The molecular formula is C25H27NO2. The topological polar surface area (TPSA) is 46.2 Å². The van der Waals surface area contributed by atoms with Gasteiger partial charge in [0.05, 0.1) is 0 Å². The Morgan fingerprint density at radius 1 is 0.857 bits per heavy atom. The van der Waals surface area contributed by atoms with Gasteiger partial charge in [0.2, 0.25) is 5.91 Å². The number of benzene rings is 2. The fourth-order valence-corrected chi connectivity index (χ4v) is 4.43. The van der Waals surface area contributed by atoms with Crippen molar-refractivity contribution in [1.29, 1.82) is 0 Å². The van der Waals surface area contributed by atoms with E-state index < -0.39 is 0 Å². The van der Waals surface area contributed by atoms with Crippen molar-refractivity contribution in [1.82, 2.24) is 5.32 Å². The molecule has 1 aliphatic heterocycles. The lowest BCUT2D eigenvalue weighted by Crippen LogP contribution is -2.38. The lowest BCUT2D eigenvalue weighted by atomic mass is 9.73. The molecule has 1 amide bonds. The number of amides is 1. The molecule has 2 atom stereocenters. The van der Waals surface area contributed by atoms with E-state index in [2.05, 4.69) is 74.6 Å². The summed E-state index contributed by atoms with van der Waals surface area (Å²) in [6.45, 7) is 6.39. The number of Topliss-reactive ketones (excluding diaryl/α,β-unsaturated/α-hetero) is 1. The van der Waals surface area contributed by atoms with Gasteiger partial charge in [-0.2, -0.15) is 0 Å². The molecule has 0 aromatic heterocycles. The molecule has 3 nitrogen and oxygen atoms in total. The van der Waals surface area contributed by atoms with Crippen molar-refractivity contribution >= 4 is 11.7 Å². The van der Waals surface area contributed by atoms with Crippen LogP contribution in [0.4, 0.5) is 0 Å². The maximum atomic E-state index is 13.1. The second kappa shape index (κ2) is 7.38. The van der Waals surface area contributed by atoms with Crippen molar-refractivity contribution in [3.63, 3.8) is 0 Å². The van der Waals surface area contributed by atoms with Crippen LogP contribution in [-0.4, -0.2) is 11.7 Å². The first-order valence-corrected chi connectivity index (χ1v) is 10.1. The molecule has 1 heterocycles. The molecule has 0 bridgehead atoms. The summed E-state index contributed by atoms with van der Waals surface area (Å²) >= 11 is 0. The van der Waals surface area contributed by atoms with Crippen molar-refractivity contribution in [3.05, 3.63) is 82.1 Å². The molecule has 2 aromatic carbocycles.